The summed E-state index contributed by atoms with van der Waals surface area (Å²) in [5, 5.41) is 2.98. The molecule has 0 spiro atoms. The Morgan fingerprint density at radius 1 is 1.33 bits per heavy atom. The number of amides is 2. The van der Waals surface area contributed by atoms with Gasteiger partial charge >= 0.3 is 0 Å². The van der Waals surface area contributed by atoms with Crippen LogP contribution in [0.2, 0.25) is 0 Å². The lowest BCUT2D eigenvalue weighted by atomic mass is 9.88. The molecule has 1 aromatic rings. The van der Waals surface area contributed by atoms with Crippen LogP contribution in [-0.2, 0) is 9.59 Å². The van der Waals surface area contributed by atoms with Gasteiger partial charge in [0.2, 0.25) is 11.8 Å². The molecule has 0 aromatic heterocycles. The number of nitrogens with one attached hydrogen (secondary N) is 1. The van der Waals surface area contributed by atoms with E-state index in [0.717, 1.165) is 12.0 Å². The Labute approximate surface area is 143 Å². The number of rotatable bonds is 6. The smallest absolute Gasteiger partial charge is 0.225 e. The molecule has 1 N–H and O–H groups in total. The van der Waals surface area contributed by atoms with Gasteiger partial charge in [-0.3, -0.25) is 9.59 Å². The van der Waals surface area contributed by atoms with Crippen LogP contribution in [-0.4, -0.2) is 36.3 Å². The van der Waals surface area contributed by atoms with Crippen molar-refractivity contribution in [3.8, 4) is 0 Å². The summed E-state index contributed by atoms with van der Waals surface area (Å²) in [6, 6.07) is 6.36. The lowest BCUT2D eigenvalue weighted by Gasteiger charge is -2.18. The molecule has 24 heavy (non-hydrogen) atoms. The van der Waals surface area contributed by atoms with Crippen LogP contribution in [0.25, 0.3) is 0 Å². The molecule has 132 valence electrons. The maximum Gasteiger partial charge on any atom is 0.225 e. The van der Waals surface area contributed by atoms with E-state index >= 15 is 0 Å². The number of benzene rings is 1. The zero-order chi connectivity index (χ0) is 17.7. The predicted molar refractivity (Wildman–Crippen MR) is 92.0 cm³/mol. The van der Waals surface area contributed by atoms with Gasteiger partial charge < -0.3 is 10.2 Å². The van der Waals surface area contributed by atoms with E-state index in [-0.39, 0.29) is 29.5 Å². The van der Waals surface area contributed by atoms with E-state index in [1.165, 1.54) is 12.1 Å². The Balaban J connectivity index is 2.14. The molecule has 4 nitrogen and oxygen atoms in total. The minimum atomic E-state index is -0.325. The number of hydrogen-bond acceptors (Lipinski definition) is 2. The zero-order valence-corrected chi connectivity index (χ0v) is 14.7. The highest BCUT2D eigenvalue weighted by atomic mass is 19.1. The first-order chi connectivity index (χ1) is 11.4. The highest BCUT2D eigenvalue weighted by Gasteiger charge is 2.39. The van der Waals surface area contributed by atoms with Gasteiger partial charge in [0.05, 0.1) is 5.92 Å². The standard InChI is InChI=1S/C19H27FN2O2/c1-4-18(23)22-11-16(14-6-5-7-15(20)10-14)17(12-22)19(24)21-9-8-13(2)3/h5-7,10,13,16-17H,4,8-9,11-12H2,1-3H3,(H,21,24)/t16-,17+/m1/s1. The SMILES string of the molecule is CCC(=O)N1C[C@H](C(=O)NCCC(C)C)[C@@H](c2cccc(F)c2)C1. The molecule has 5 heteroatoms. The van der Waals surface area contributed by atoms with Gasteiger partial charge in [0.25, 0.3) is 0 Å². The molecule has 2 rings (SSSR count). The molecule has 1 aliphatic rings. The van der Waals surface area contributed by atoms with Crippen molar-refractivity contribution in [1.82, 2.24) is 10.2 Å². The number of halogens is 1. The second kappa shape index (κ2) is 8.27. The molecule has 0 aliphatic carbocycles. The third kappa shape index (κ3) is 4.56. The van der Waals surface area contributed by atoms with Gasteiger partial charge in [0, 0.05) is 32.0 Å². The van der Waals surface area contributed by atoms with Crippen LogP contribution in [0.1, 0.15) is 45.1 Å². The summed E-state index contributed by atoms with van der Waals surface area (Å²) in [4.78, 5) is 26.4. The van der Waals surface area contributed by atoms with Crippen LogP contribution >= 0.6 is 0 Å². The monoisotopic (exact) mass is 334 g/mol. The van der Waals surface area contributed by atoms with Crippen molar-refractivity contribution in [3.05, 3.63) is 35.6 Å². The van der Waals surface area contributed by atoms with Gasteiger partial charge in [-0.05, 0) is 30.0 Å². The Morgan fingerprint density at radius 3 is 2.71 bits per heavy atom. The third-order valence-corrected chi connectivity index (χ3v) is 4.61. The summed E-state index contributed by atoms with van der Waals surface area (Å²) in [5.41, 5.74) is 0.783. The van der Waals surface area contributed by atoms with Crippen molar-refractivity contribution >= 4 is 11.8 Å². The van der Waals surface area contributed by atoms with E-state index < -0.39 is 0 Å². The summed E-state index contributed by atoms with van der Waals surface area (Å²) >= 11 is 0. The molecule has 1 heterocycles. The summed E-state index contributed by atoms with van der Waals surface area (Å²) in [7, 11) is 0. The fraction of sp³-hybridized carbons (Fsp3) is 0.579. The van der Waals surface area contributed by atoms with Crippen molar-refractivity contribution < 1.29 is 14.0 Å². The minimum Gasteiger partial charge on any atom is -0.356 e. The molecular formula is C19H27FN2O2. The number of likely N-dealkylation sites (tertiary alicyclic amines) is 1. The summed E-state index contributed by atoms with van der Waals surface area (Å²) in [5.74, 6) is -0.285. The average molecular weight is 334 g/mol. The average Bonchev–Trinajstić information content (AvgIpc) is 2.99. The van der Waals surface area contributed by atoms with E-state index in [4.69, 9.17) is 0 Å². The normalized spacial score (nSPS) is 20.5. The second-order valence-electron chi connectivity index (χ2n) is 6.89. The summed E-state index contributed by atoms with van der Waals surface area (Å²) < 4.78 is 13.6. The number of hydrogen-bond donors (Lipinski definition) is 1. The van der Waals surface area contributed by atoms with Crippen molar-refractivity contribution in [2.75, 3.05) is 19.6 Å². The first kappa shape index (κ1) is 18.4. The third-order valence-electron chi connectivity index (χ3n) is 4.61. The number of carbonyl (C=O) groups is 2. The van der Waals surface area contributed by atoms with E-state index in [9.17, 15) is 14.0 Å². The molecule has 0 unspecified atom stereocenters. The van der Waals surface area contributed by atoms with Crippen LogP contribution in [0, 0.1) is 17.7 Å². The van der Waals surface area contributed by atoms with Gasteiger partial charge in [0.15, 0.2) is 0 Å². The largest absolute Gasteiger partial charge is 0.356 e. The van der Waals surface area contributed by atoms with Gasteiger partial charge in [0.1, 0.15) is 5.82 Å². The van der Waals surface area contributed by atoms with Gasteiger partial charge in [-0.2, -0.15) is 0 Å². The molecule has 1 aliphatic heterocycles. The van der Waals surface area contributed by atoms with Crippen LogP contribution in [0.4, 0.5) is 4.39 Å². The molecule has 0 radical (unpaired) electrons. The van der Waals surface area contributed by atoms with Gasteiger partial charge in [-0.1, -0.05) is 32.9 Å². The molecule has 2 atom stereocenters. The van der Waals surface area contributed by atoms with Crippen LogP contribution in [0.5, 0.6) is 0 Å². The molecule has 1 aromatic carbocycles. The van der Waals surface area contributed by atoms with E-state index in [2.05, 4.69) is 19.2 Å². The predicted octanol–water partition coefficient (Wildman–Crippen LogP) is 2.94. The van der Waals surface area contributed by atoms with Crippen molar-refractivity contribution in [2.24, 2.45) is 11.8 Å². The topological polar surface area (TPSA) is 49.4 Å². The highest BCUT2D eigenvalue weighted by Crippen LogP contribution is 2.33. The molecule has 2 amide bonds. The van der Waals surface area contributed by atoms with Crippen LogP contribution < -0.4 is 5.32 Å². The second-order valence-corrected chi connectivity index (χ2v) is 6.89. The van der Waals surface area contributed by atoms with E-state index in [0.29, 0.717) is 32.0 Å². The molecular weight excluding hydrogens is 307 g/mol. The summed E-state index contributed by atoms with van der Waals surface area (Å²) in [6.45, 7) is 7.54. The van der Waals surface area contributed by atoms with Gasteiger partial charge in [-0.15, -0.1) is 0 Å². The van der Waals surface area contributed by atoms with Crippen molar-refractivity contribution in [3.63, 3.8) is 0 Å². The molecule has 0 saturated carbocycles. The highest BCUT2D eigenvalue weighted by molar-refractivity contribution is 5.83. The van der Waals surface area contributed by atoms with Crippen LogP contribution in [0.3, 0.4) is 0 Å². The fourth-order valence-corrected chi connectivity index (χ4v) is 3.19. The van der Waals surface area contributed by atoms with E-state index in [1.54, 1.807) is 11.0 Å². The molecule has 0 bridgehead atoms. The summed E-state index contributed by atoms with van der Waals surface area (Å²) in [6.07, 6.45) is 1.33. The maximum atomic E-state index is 13.6. The molecule has 1 fully saturated rings. The quantitative estimate of drug-likeness (QED) is 0.869. The van der Waals surface area contributed by atoms with E-state index in [1.807, 2.05) is 13.0 Å². The fourth-order valence-electron chi connectivity index (χ4n) is 3.19. The Bertz CT molecular complexity index is 588. The Morgan fingerprint density at radius 2 is 2.08 bits per heavy atom. The van der Waals surface area contributed by atoms with Crippen molar-refractivity contribution in [2.45, 2.75) is 39.5 Å². The minimum absolute atomic E-state index is 0.0360. The Kier molecular flexibility index (Phi) is 6.35. The number of carbonyl (C=O) groups excluding carboxylic acids is 2. The first-order valence-corrected chi connectivity index (χ1v) is 8.73. The number of nitrogens with zero attached hydrogens (tertiary/aromatic N) is 1. The first-order valence-electron chi connectivity index (χ1n) is 8.73. The van der Waals surface area contributed by atoms with Crippen LogP contribution in [0.15, 0.2) is 24.3 Å². The maximum absolute atomic E-state index is 13.6. The van der Waals surface area contributed by atoms with Gasteiger partial charge in [-0.25, -0.2) is 4.39 Å². The zero-order valence-electron chi connectivity index (χ0n) is 14.7. The molecule has 1 saturated heterocycles. The lowest BCUT2D eigenvalue weighted by molar-refractivity contribution is -0.130. The van der Waals surface area contributed by atoms with Crippen molar-refractivity contribution in [1.29, 1.82) is 0 Å². The Hall–Kier alpha value is -1.91. The lowest BCUT2D eigenvalue weighted by Crippen LogP contribution is -2.36.